The van der Waals surface area contributed by atoms with Gasteiger partial charge in [0.25, 0.3) is 0 Å². The molecule has 0 aromatic rings. The second-order valence-electron chi connectivity index (χ2n) is 13.2. The molecule has 0 saturated heterocycles. The maximum absolute atomic E-state index is 12.5. The second-order valence-corrected chi connectivity index (χ2v) is 14.6. The van der Waals surface area contributed by atoms with E-state index in [-0.39, 0.29) is 32.3 Å². The van der Waals surface area contributed by atoms with E-state index >= 15 is 0 Å². The Kier molecular flexibility index (Phi) is 35.4. The molecule has 0 spiro atoms. The van der Waals surface area contributed by atoms with E-state index in [0.717, 1.165) is 32.1 Å². The Morgan fingerprint density at radius 3 is 1.37 bits per heavy atom. The summed E-state index contributed by atoms with van der Waals surface area (Å²) in [5, 5.41) is 0. The lowest BCUT2D eigenvalue weighted by Gasteiger charge is -2.20. The molecule has 0 amide bonds. The van der Waals surface area contributed by atoms with Crippen LogP contribution in [-0.4, -0.2) is 49.9 Å². The molecule has 2 atom stereocenters. The third-order valence-corrected chi connectivity index (χ3v) is 9.51. The molecule has 8 nitrogen and oxygen atoms in total. The highest BCUT2D eigenvalue weighted by molar-refractivity contribution is 7.47. The van der Waals surface area contributed by atoms with E-state index in [4.69, 9.17) is 24.3 Å². The van der Waals surface area contributed by atoms with Crippen molar-refractivity contribution in [1.29, 1.82) is 0 Å². The lowest BCUT2D eigenvalue weighted by Crippen LogP contribution is -2.28. The summed E-state index contributed by atoms with van der Waals surface area (Å²) in [7, 11) is -4.26. The minimum Gasteiger partial charge on any atom is -0.457 e. The number of carbonyl (C=O) groups excluding carboxylic acids is 1. The molecule has 9 heteroatoms. The van der Waals surface area contributed by atoms with Gasteiger partial charge in [0, 0.05) is 19.6 Å². The van der Waals surface area contributed by atoms with E-state index in [1.807, 2.05) is 0 Å². The number of nitrogens with two attached hydrogens (primary N) is 1. The molecule has 3 N–H and O–H groups in total. The van der Waals surface area contributed by atoms with E-state index < -0.39 is 13.9 Å². The van der Waals surface area contributed by atoms with Gasteiger partial charge in [-0.1, -0.05) is 174 Å². The van der Waals surface area contributed by atoms with Crippen LogP contribution in [0, 0.1) is 0 Å². The molecule has 0 aliphatic rings. The maximum Gasteiger partial charge on any atom is 0.472 e. The first-order valence-corrected chi connectivity index (χ1v) is 21.0. The number of phosphoric ester groups is 1. The lowest BCUT2D eigenvalue weighted by molar-refractivity contribution is -0.154. The van der Waals surface area contributed by atoms with Crippen molar-refractivity contribution in [2.24, 2.45) is 5.73 Å². The number of esters is 1. The third-order valence-electron chi connectivity index (χ3n) is 8.52. The number of phosphoric acid groups is 1. The number of ether oxygens (including phenoxy) is 2. The molecule has 0 rings (SSSR count). The summed E-state index contributed by atoms with van der Waals surface area (Å²) in [4.78, 5) is 22.4. The highest BCUT2D eigenvalue weighted by atomic mass is 31.2. The van der Waals surface area contributed by atoms with Crippen LogP contribution in [0.25, 0.3) is 0 Å². The Morgan fingerprint density at radius 1 is 0.565 bits per heavy atom. The van der Waals surface area contributed by atoms with Gasteiger partial charge in [-0.3, -0.25) is 13.8 Å². The van der Waals surface area contributed by atoms with Gasteiger partial charge in [0.05, 0.1) is 19.8 Å². The van der Waals surface area contributed by atoms with Gasteiger partial charge in [-0.05, 0) is 12.8 Å². The first kappa shape index (κ1) is 45.5. The Morgan fingerprint density at radius 2 is 0.957 bits per heavy atom. The fourth-order valence-corrected chi connectivity index (χ4v) is 6.41. The Balaban J connectivity index is 3.99. The SMILES string of the molecule is CCCCCCCCCCCCCCCCCCCC(=O)OC(COCCCCCCCCCCCC)COP(=O)(O)OCCN. The minimum absolute atomic E-state index is 0.0905. The van der Waals surface area contributed by atoms with E-state index in [2.05, 4.69) is 13.8 Å². The number of rotatable bonds is 38. The molecule has 0 aliphatic carbocycles. The van der Waals surface area contributed by atoms with Crippen molar-refractivity contribution in [1.82, 2.24) is 0 Å². The molecular weight excluding hydrogens is 601 g/mol. The van der Waals surface area contributed by atoms with Crippen molar-refractivity contribution >= 4 is 13.8 Å². The minimum atomic E-state index is -4.26. The molecule has 46 heavy (non-hydrogen) atoms. The van der Waals surface area contributed by atoms with Crippen LogP contribution in [0.1, 0.15) is 194 Å². The maximum atomic E-state index is 12.5. The second kappa shape index (κ2) is 35.8. The molecule has 2 unspecified atom stereocenters. The van der Waals surface area contributed by atoms with Gasteiger partial charge in [0.2, 0.25) is 0 Å². The fourth-order valence-electron chi connectivity index (χ4n) is 5.64. The molecule has 0 bridgehead atoms. The smallest absolute Gasteiger partial charge is 0.457 e. The van der Waals surface area contributed by atoms with Gasteiger partial charge >= 0.3 is 13.8 Å². The number of hydrogen-bond acceptors (Lipinski definition) is 7. The largest absolute Gasteiger partial charge is 0.472 e. The topological polar surface area (TPSA) is 117 Å². The molecular formula is C37H76NO7P. The summed E-state index contributed by atoms with van der Waals surface area (Å²) in [6, 6.07) is 0. The van der Waals surface area contributed by atoms with Gasteiger partial charge in [-0.2, -0.15) is 0 Å². The van der Waals surface area contributed by atoms with Crippen molar-refractivity contribution in [3.8, 4) is 0 Å². The van der Waals surface area contributed by atoms with E-state index in [9.17, 15) is 14.3 Å². The Bertz CT molecular complexity index is 682. The lowest BCUT2D eigenvalue weighted by atomic mass is 10.0. The van der Waals surface area contributed by atoms with E-state index in [0.29, 0.717) is 13.0 Å². The zero-order valence-electron chi connectivity index (χ0n) is 30.3. The predicted molar refractivity (Wildman–Crippen MR) is 192 cm³/mol. The van der Waals surface area contributed by atoms with Crippen molar-refractivity contribution in [2.75, 3.05) is 33.0 Å². The summed E-state index contributed by atoms with van der Waals surface area (Å²) >= 11 is 0. The molecule has 0 aromatic carbocycles. The molecule has 0 radical (unpaired) electrons. The van der Waals surface area contributed by atoms with Crippen LogP contribution in [0.2, 0.25) is 0 Å². The van der Waals surface area contributed by atoms with Gasteiger partial charge in [0.15, 0.2) is 0 Å². The van der Waals surface area contributed by atoms with Crippen LogP contribution in [-0.2, 0) is 27.9 Å². The standard InChI is InChI=1S/C37H76NO7P/c1-3-5-7-9-11-13-15-16-17-18-19-20-21-22-24-26-28-30-37(39)45-36(35-44-46(40,41)43-33-31-38)34-42-32-29-27-25-23-14-12-10-8-6-4-2/h36H,3-35,38H2,1-2H3,(H,40,41). The van der Waals surface area contributed by atoms with Crippen molar-refractivity contribution in [3.63, 3.8) is 0 Å². The van der Waals surface area contributed by atoms with Gasteiger partial charge in [-0.15, -0.1) is 0 Å². The average Bonchev–Trinajstić information content (AvgIpc) is 3.04. The van der Waals surface area contributed by atoms with Crippen molar-refractivity contribution in [2.45, 2.75) is 200 Å². The average molecular weight is 678 g/mol. The Labute approximate surface area is 284 Å². The first-order valence-electron chi connectivity index (χ1n) is 19.5. The summed E-state index contributed by atoms with van der Waals surface area (Å²) in [5.41, 5.74) is 5.35. The van der Waals surface area contributed by atoms with Crippen LogP contribution in [0.3, 0.4) is 0 Å². The van der Waals surface area contributed by atoms with Crippen LogP contribution >= 0.6 is 7.82 Å². The van der Waals surface area contributed by atoms with Crippen LogP contribution < -0.4 is 5.73 Å². The van der Waals surface area contributed by atoms with Crippen LogP contribution in [0.15, 0.2) is 0 Å². The number of carbonyl (C=O) groups is 1. The molecule has 0 aromatic heterocycles. The Hall–Kier alpha value is -0.500. The zero-order valence-corrected chi connectivity index (χ0v) is 31.2. The highest BCUT2D eigenvalue weighted by Gasteiger charge is 2.25. The van der Waals surface area contributed by atoms with E-state index in [1.165, 1.54) is 141 Å². The normalized spacial score (nSPS) is 13.6. The predicted octanol–water partition coefficient (Wildman–Crippen LogP) is 11.0. The molecule has 0 fully saturated rings. The third kappa shape index (κ3) is 34.8. The first-order chi connectivity index (χ1) is 22.4. The molecule has 0 aliphatic heterocycles. The number of unbranched alkanes of at least 4 members (excludes halogenated alkanes) is 25. The molecule has 276 valence electrons. The van der Waals surface area contributed by atoms with Crippen molar-refractivity contribution < 1.29 is 32.8 Å². The van der Waals surface area contributed by atoms with Gasteiger partial charge < -0.3 is 20.1 Å². The highest BCUT2D eigenvalue weighted by Crippen LogP contribution is 2.43. The monoisotopic (exact) mass is 678 g/mol. The number of hydrogen-bond donors (Lipinski definition) is 2. The van der Waals surface area contributed by atoms with Gasteiger partial charge in [-0.25, -0.2) is 4.57 Å². The summed E-state index contributed by atoms with van der Waals surface area (Å²) in [5.74, 6) is -0.326. The zero-order chi connectivity index (χ0) is 33.8. The summed E-state index contributed by atoms with van der Waals surface area (Å²) in [6.07, 6.45) is 34.0. The molecule has 0 saturated carbocycles. The van der Waals surface area contributed by atoms with Crippen LogP contribution in [0.4, 0.5) is 0 Å². The quantitative estimate of drug-likeness (QED) is 0.0377. The fraction of sp³-hybridized carbons (Fsp3) is 0.973. The molecule has 0 heterocycles. The van der Waals surface area contributed by atoms with Gasteiger partial charge in [0.1, 0.15) is 6.10 Å². The summed E-state index contributed by atoms with van der Waals surface area (Å²) in [6.45, 7) is 4.95. The van der Waals surface area contributed by atoms with Crippen molar-refractivity contribution in [3.05, 3.63) is 0 Å². The van der Waals surface area contributed by atoms with E-state index in [1.54, 1.807) is 0 Å². The summed E-state index contributed by atoms with van der Waals surface area (Å²) < 4.78 is 33.3. The van der Waals surface area contributed by atoms with Crippen LogP contribution in [0.5, 0.6) is 0 Å².